The van der Waals surface area contributed by atoms with E-state index in [0.29, 0.717) is 17.1 Å². The van der Waals surface area contributed by atoms with Crippen molar-refractivity contribution in [2.24, 2.45) is 0 Å². The van der Waals surface area contributed by atoms with Gasteiger partial charge in [-0.1, -0.05) is 13.8 Å². The van der Waals surface area contributed by atoms with Crippen LogP contribution >= 0.6 is 15.9 Å². The van der Waals surface area contributed by atoms with Gasteiger partial charge in [0.05, 0.1) is 22.8 Å². The van der Waals surface area contributed by atoms with Crippen LogP contribution in [-0.2, 0) is 6.54 Å². The van der Waals surface area contributed by atoms with Gasteiger partial charge < -0.3 is 5.32 Å². The van der Waals surface area contributed by atoms with Crippen molar-refractivity contribution in [2.75, 3.05) is 5.32 Å². The normalized spacial score (nSPS) is 11.1. The zero-order valence-corrected chi connectivity index (χ0v) is 13.3. The molecule has 0 radical (unpaired) electrons. The van der Waals surface area contributed by atoms with Crippen LogP contribution in [0, 0.1) is 5.82 Å². The van der Waals surface area contributed by atoms with Crippen LogP contribution in [0.1, 0.15) is 38.4 Å². The van der Waals surface area contributed by atoms with Gasteiger partial charge in [-0.05, 0) is 53.0 Å². The number of nitrogens with zero attached hydrogens (tertiary/aromatic N) is 2. The second kappa shape index (κ2) is 6.88. The predicted molar refractivity (Wildman–Crippen MR) is 83.3 cm³/mol. The van der Waals surface area contributed by atoms with Gasteiger partial charge in [-0.25, -0.2) is 4.39 Å². The summed E-state index contributed by atoms with van der Waals surface area (Å²) in [6.45, 7) is 4.97. The molecule has 0 aliphatic heterocycles. The van der Waals surface area contributed by atoms with Crippen LogP contribution in [0.25, 0.3) is 0 Å². The van der Waals surface area contributed by atoms with Crippen LogP contribution in [0.15, 0.2) is 34.9 Å². The number of benzene rings is 1. The maximum absolute atomic E-state index is 13.1. The summed E-state index contributed by atoms with van der Waals surface area (Å²) in [5.74, 6) is -0.256. The molecular weight excluding hydrogens is 321 g/mol. The van der Waals surface area contributed by atoms with Crippen molar-refractivity contribution in [2.45, 2.75) is 39.3 Å². The second-order valence-electron chi connectivity index (χ2n) is 4.74. The Labute approximate surface area is 127 Å². The lowest BCUT2D eigenvalue weighted by molar-refractivity contribution is 0.426. The first kappa shape index (κ1) is 15.0. The van der Waals surface area contributed by atoms with Gasteiger partial charge in [0.2, 0.25) is 0 Å². The van der Waals surface area contributed by atoms with Gasteiger partial charge in [-0.2, -0.15) is 5.10 Å². The monoisotopic (exact) mass is 339 g/mol. The van der Waals surface area contributed by atoms with Crippen molar-refractivity contribution in [3.8, 4) is 0 Å². The summed E-state index contributed by atoms with van der Waals surface area (Å²) in [6.07, 6.45) is 4.18. The number of anilines is 1. The molecule has 5 heteroatoms. The number of halogens is 2. The molecule has 1 aromatic heterocycles. The maximum atomic E-state index is 13.1. The van der Waals surface area contributed by atoms with E-state index in [1.54, 1.807) is 12.1 Å². The van der Waals surface area contributed by atoms with E-state index in [0.717, 1.165) is 24.2 Å². The highest BCUT2D eigenvalue weighted by Crippen LogP contribution is 2.20. The smallest absolute Gasteiger partial charge is 0.137 e. The molecule has 0 saturated heterocycles. The molecule has 0 unspecified atom stereocenters. The number of nitrogens with one attached hydrogen (secondary N) is 1. The topological polar surface area (TPSA) is 29.9 Å². The SMILES string of the molecule is CCC(CC)n1ccc(CNc2ccc(F)c(Br)c2)n1. The van der Waals surface area contributed by atoms with Crippen molar-refractivity contribution in [3.63, 3.8) is 0 Å². The average Bonchev–Trinajstić information content (AvgIpc) is 2.90. The lowest BCUT2D eigenvalue weighted by atomic mass is 10.2. The van der Waals surface area contributed by atoms with E-state index < -0.39 is 0 Å². The van der Waals surface area contributed by atoms with Crippen LogP contribution in [0.3, 0.4) is 0 Å². The molecule has 3 nitrogen and oxygen atoms in total. The predicted octanol–water partition coefficient (Wildman–Crippen LogP) is 4.76. The summed E-state index contributed by atoms with van der Waals surface area (Å²) in [7, 11) is 0. The summed E-state index contributed by atoms with van der Waals surface area (Å²) in [4.78, 5) is 0. The third-order valence-electron chi connectivity index (χ3n) is 3.37. The molecule has 0 amide bonds. The summed E-state index contributed by atoms with van der Waals surface area (Å²) in [6, 6.07) is 7.37. The highest BCUT2D eigenvalue weighted by molar-refractivity contribution is 9.10. The van der Waals surface area contributed by atoms with E-state index in [1.165, 1.54) is 6.07 Å². The van der Waals surface area contributed by atoms with Crippen molar-refractivity contribution in [3.05, 3.63) is 46.4 Å². The minimum Gasteiger partial charge on any atom is -0.379 e. The van der Waals surface area contributed by atoms with Crippen molar-refractivity contribution in [1.29, 1.82) is 0 Å². The van der Waals surface area contributed by atoms with Crippen LogP contribution in [-0.4, -0.2) is 9.78 Å². The highest BCUT2D eigenvalue weighted by atomic mass is 79.9. The lowest BCUT2D eigenvalue weighted by Crippen LogP contribution is -2.09. The summed E-state index contributed by atoms with van der Waals surface area (Å²) in [5, 5.41) is 7.82. The van der Waals surface area contributed by atoms with Crippen molar-refractivity contribution >= 4 is 21.6 Å². The number of hydrogen-bond donors (Lipinski definition) is 1. The molecule has 0 aliphatic rings. The van der Waals surface area contributed by atoms with Gasteiger partial charge in [-0.3, -0.25) is 4.68 Å². The molecule has 0 spiro atoms. The van der Waals surface area contributed by atoms with E-state index in [2.05, 4.69) is 40.2 Å². The quantitative estimate of drug-likeness (QED) is 0.822. The first-order chi connectivity index (χ1) is 9.63. The van der Waals surface area contributed by atoms with E-state index in [-0.39, 0.29) is 5.82 Å². The van der Waals surface area contributed by atoms with E-state index in [9.17, 15) is 4.39 Å². The Bertz CT molecular complexity index is 564. The molecular formula is C15H19BrFN3. The van der Waals surface area contributed by atoms with Crippen LogP contribution < -0.4 is 5.32 Å². The van der Waals surface area contributed by atoms with Gasteiger partial charge in [0, 0.05) is 11.9 Å². The minimum atomic E-state index is -0.256. The first-order valence-corrected chi connectivity index (χ1v) is 7.66. The summed E-state index contributed by atoms with van der Waals surface area (Å²) >= 11 is 3.18. The van der Waals surface area contributed by atoms with Gasteiger partial charge in [0.25, 0.3) is 0 Å². The maximum Gasteiger partial charge on any atom is 0.137 e. The Morgan fingerprint density at radius 2 is 2.05 bits per heavy atom. The molecule has 1 N–H and O–H groups in total. The fourth-order valence-corrected chi connectivity index (χ4v) is 2.52. The molecule has 0 fully saturated rings. The molecule has 1 heterocycles. The molecule has 0 aliphatic carbocycles. The van der Waals surface area contributed by atoms with E-state index in [1.807, 2.05) is 16.9 Å². The van der Waals surface area contributed by atoms with Gasteiger partial charge >= 0.3 is 0 Å². The molecule has 0 saturated carbocycles. The zero-order valence-electron chi connectivity index (χ0n) is 11.7. The van der Waals surface area contributed by atoms with Crippen molar-refractivity contribution < 1.29 is 4.39 Å². The molecule has 20 heavy (non-hydrogen) atoms. The Kier molecular flexibility index (Phi) is 5.17. The summed E-state index contributed by atoms with van der Waals surface area (Å²) < 4.78 is 15.6. The van der Waals surface area contributed by atoms with Crippen LogP contribution in [0.4, 0.5) is 10.1 Å². The number of hydrogen-bond acceptors (Lipinski definition) is 2. The molecule has 108 valence electrons. The van der Waals surface area contributed by atoms with Gasteiger partial charge in [0.15, 0.2) is 0 Å². The van der Waals surface area contributed by atoms with Crippen LogP contribution in [0.5, 0.6) is 0 Å². The third kappa shape index (κ3) is 3.60. The molecule has 2 aromatic rings. The van der Waals surface area contributed by atoms with E-state index in [4.69, 9.17) is 0 Å². The largest absolute Gasteiger partial charge is 0.379 e. The molecule has 1 aromatic carbocycles. The van der Waals surface area contributed by atoms with Crippen molar-refractivity contribution in [1.82, 2.24) is 9.78 Å². The average molecular weight is 340 g/mol. The Morgan fingerprint density at radius 3 is 2.70 bits per heavy atom. The second-order valence-corrected chi connectivity index (χ2v) is 5.59. The molecule has 0 bridgehead atoms. The third-order valence-corrected chi connectivity index (χ3v) is 3.98. The zero-order chi connectivity index (χ0) is 14.5. The standard InChI is InChI=1S/C15H19BrFN3/c1-3-13(4-2)20-8-7-12(19-20)10-18-11-5-6-15(17)14(16)9-11/h5-9,13,18H,3-4,10H2,1-2H3. The molecule has 2 rings (SSSR count). The molecule has 0 atom stereocenters. The highest BCUT2D eigenvalue weighted by Gasteiger charge is 2.08. The minimum absolute atomic E-state index is 0.256. The number of aromatic nitrogens is 2. The fraction of sp³-hybridized carbons (Fsp3) is 0.400. The Hall–Kier alpha value is -1.36. The van der Waals surface area contributed by atoms with Gasteiger partial charge in [0.1, 0.15) is 5.82 Å². The van der Waals surface area contributed by atoms with Gasteiger partial charge in [-0.15, -0.1) is 0 Å². The summed E-state index contributed by atoms with van der Waals surface area (Å²) in [5.41, 5.74) is 1.85. The Morgan fingerprint density at radius 1 is 1.30 bits per heavy atom. The lowest BCUT2D eigenvalue weighted by Gasteiger charge is -2.12. The number of rotatable bonds is 6. The van der Waals surface area contributed by atoms with E-state index >= 15 is 0 Å². The Balaban J connectivity index is 1.98. The first-order valence-electron chi connectivity index (χ1n) is 6.87. The fourth-order valence-electron chi connectivity index (χ4n) is 2.14. The van der Waals surface area contributed by atoms with Crippen LogP contribution in [0.2, 0.25) is 0 Å².